The van der Waals surface area contributed by atoms with Gasteiger partial charge >= 0.3 is 0 Å². The van der Waals surface area contributed by atoms with Crippen molar-refractivity contribution < 1.29 is 10.2 Å². The predicted octanol–water partition coefficient (Wildman–Crippen LogP) is 2.78. The number of aliphatic hydroxyl groups is 2. The second kappa shape index (κ2) is 7.36. The lowest BCUT2D eigenvalue weighted by atomic mass is 10.1. The third kappa shape index (κ3) is 4.14. The van der Waals surface area contributed by atoms with Gasteiger partial charge in [0.2, 0.25) is 0 Å². The van der Waals surface area contributed by atoms with E-state index in [2.05, 4.69) is 0 Å². The molecule has 3 nitrogen and oxygen atoms in total. The highest BCUT2D eigenvalue weighted by Gasteiger charge is 2.31. The fraction of sp³-hybridized carbons (Fsp3) is 0.333. The highest BCUT2D eigenvalue weighted by atomic mass is 16.3. The summed E-state index contributed by atoms with van der Waals surface area (Å²) in [6, 6.07) is 20.0. The van der Waals surface area contributed by atoms with Crippen molar-refractivity contribution in [3.8, 4) is 0 Å². The topological polar surface area (TPSA) is 43.7 Å². The van der Waals surface area contributed by atoms with E-state index >= 15 is 0 Å². The molecular formula is C18H23NO2. The van der Waals surface area contributed by atoms with E-state index in [9.17, 15) is 10.2 Å². The molecule has 2 rings (SSSR count). The smallest absolute Gasteiger partial charge is 0.142 e. The first kappa shape index (κ1) is 15.7. The van der Waals surface area contributed by atoms with Crippen molar-refractivity contribution in [1.82, 2.24) is 4.90 Å². The molecule has 2 aromatic rings. The van der Waals surface area contributed by atoms with Gasteiger partial charge in [-0.25, -0.2) is 0 Å². The van der Waals surface area contributed by atoms with Crippen molar-refractivity contribution in [2.75, 3.05) is 6.61 Å². The molecule has 0 fully saturated rings. The van der Waals surface area contributed by atoms with Crippen molar-refractivity contribution in [2.24, 2.45) is 0 Å². The van der Waals surface area contributed by atoms with Crippen molar-refractivity contribution in [1.29, 1.82) is 0 Å². The lowest BCUT2D eigenvalue weighted by Crippen LogP contribution is -2.50. The molecule has 0 aliphatic heterocycles. The number of rotatable bonds is 7. The molecular weight excluding hydrogens is 262 g/mol. The Morgan fingerprint density at radius 2 is 1.29 bits per heavy atom. The van der Waals surface area contributed by atoms with Crippen LogP contribution in [0.3, 0.4) is 0 Å². The first-order chi connectivity index (χ1) is 10.2. The fourth-order valence-corrected chi connectivity index (χ4v) is 2.39. The van der Waals surface area contributed by atoms with Gasteiger partial charge in [0.1, 0.15) is 5.72 Å². The Balaban J connectivity index is 2.22. The van der Waals surface area contributed by atoms with Gasteiger partial charge in [0, 0.05) is 13.1 Å². The van der Waals surface area contributed by atoms with Crippen molar-refractivity contribution in [2.45, 2.75) is 32.2 Å². The molecule has 1 atom stereocenters. The molecule has 112 valence electrons. The van der Waals surface area contributed by atoms with E-state index in [1.54, 1.807) is 0 Å². The van der Waals surface area contributed by atoms with Crippen LogP contribution in [0.4, 0.5) is 0 Å². The first-order valence-corrected chi connectivity index (χ1v) is 7.34. The Morgan fingerprint density at radius 3 is 1.62 bits per heavy atom. The van der Waals surface area contributed by atoms with Crippen LogP contribution in [0, 0.1) is 0 Å². The van der Waals surface area contributed by atoms with Gasteiger partial charge in [-0.3, -0.25) is 4.90 Å². The maximum atomic E-state index is 10.7. The summed E-state index contributed by atoms with van der Waals surface area (Å²) in [6.45, 7) is 2.81. The van der Waals surface area contributed by atoms with Crippen LogP contribution in [0.25, 0.3) is 0 Å². The highest BCUT2D eigenvalue weighted by molar-refractivity contribution is 5.17. The molecule has 3 heteroatoms. The second-order valence-electron chi connectivity index (χ2n) is 5.32. The Hall–Kier alpha value is -1.68. The summed E-state index contributed by atoms with van der Waals surface area (Å²) >= 11 is 0. The lowest BCUT2D eigenvalue weighted by Gasteiger charge is -2.38. The zero-order valence-corrected chi connectivity index (χ0v) is 12.4. The zero-order valence-electron chi connectivity index (χ0n) is 12.4. The summed E-state index contributed by atoms with van der Waals surface area (Å²) in [5, 5.41) is 20.3. The molecule has 0 aromatic heterocycles. The SMILES string of the molecule is CCC(O)(CO)N(Cc1ccccc1)Cc1ccccc1. The third-order valence-corrected chi connectivity index (χ3v) is 3.84. The average molecular weight is 285 g/mol. The van der Waals surface area contributed by atoms with Crippen LogP contribution in [-0.4, -0.2) is 27.4 Å². The molecule has 0 saturated heterocycles. The minimum atomic E-state index is -1.20. The van der Waals surface area contributed by atoms with Crippen molar-refractivity contribution in [3.05, 3.63) is 71.8 Å². The summed E-state index contributed by atoms with van der Waals surface area (Å²) in [6.07, 6.45) is 0.475. The average Bonchev–Trinajstić information content (AvgIpc) is 2.55. The molecule has 2 N–H and O–H groups in total. The summed E-state index contributed by atoms with van der Waals surface area (Å²) in [4.78, 5) is 1.93. The summed E-state index contributed by atoms with van der Waals surface area (Å²) in [5.74, 6) is 0. The zero-order chi connectivity index (χ0) is 15.1. The van der Waals surface area contributed by atoms with Crippen LogP contribution in [0.2, 0.25) is 0 Å². The molecule has 0 saturated carbocycles. The van der Waals surface area contributed by atoms with Gasteiger partial charge in [-0.15, -0.1) is 0 Å². The lowest BCUT2D eigenvalue weighted by molar-refractivity contribution is -0.150. The van der Waals surface area contributed by atoms with Crippen LogP contribution in [0.1, 0.15) is 24.5 Å². The van der Waals surface area contributed by atoms with Crippen LogP contribution in [-0.2, 0) is 13.1 Å². The number of hydrogen-bond donors (Lipinski definition) is 2. The molecule has 2 aromatic carbocycles. The van der Waals surface area contributed by atoms with Gasteiger partial charge in [-0.05, 0) is 17.5 Å². The molecule has 0 heterocycles. The Morgan fingerprint density at radius 1 is 0.857 bits per heavy atom. The summed E-state index contributed by atoms with van der Waals surface area (Å²) in [7, 11) is 0. The van der Waals surface area contributed by atoms with E-state index in [1.165, 1.54) is 0 Å². The van der Waals surface area contributed by atoms with Gasteiger partial charge in [0.25, 0.3) is 0 Å². The largest absolute Gasteiger partial charge is 0.392 e. The monoisotopic (exact) mass is 285 g/mol. The van der Waals surface area contributed by atoms with Crippen LogP contribution in [0.5, 0.6) is 0 Å². The number of hydrogen-bond acceptors (Lipinski definition) is 3. The molecule has 0 aliphatic carbocycles. The fourth-order valence-electron chi connectivity index (χ4n) is 2.39. The molecule has 0 spiro atoms. The Labute approximate surface area is 126 Å². The minimum Gasteiger partial charge on any atom is -0.392 e. The van der Waals surface area contributed by atoms with Crippen LogP contribution >= 0.6 is 0 Å². The number of nitrogens with zero attached hydrogens (tertiary/aromatic N) is 1. The maximum absolute atomic E-state index is 10.7. The quantitative estimate of drug-likeness (QED) is 0.769. The van der Waals surface area contributed by atoms with Crippen molar-refractivity contribution in [3.63, 3.8) is 0 Å². The minimum absolute atomic E-state index is 0.275. The first-order valence-electron chi connectivity index (χ1n) is 7.34. The van der Waals surface area contributed by atoms with Crippen LogP contribution < -0.4 is 0 Å². The Kier molecular flexibility index (Phi) is 5.51. The van der Waals surface area contributed by atoms with Crippen LogP contribution in [0.15, 0.2) is 60.7 Å². The third-order valence-electron chi connectivity index (χ3n) is 3.84. The van der Waals surface area contributed by atoms with Gasteiger partial charge in [-0.2, -0.15) is 0 Å². The summed E-state index contributed by atoms with van der Waals surface area (Å²) in [5.41, 5.74) is 1.04. The van der Waals surface area contributed by atoms with Gasteiger partial charge in [0.05, 0.1) is 6.61 Å². The second-order valence-corrected chi connectivity index (χ2v) is 5.32. The van der Waals surface area contributed by atoms with E-state index in [1.807, 2.05) is 72.5 Å². The van der Waals surface area contributed by atoms with Crippen molar-refractivity contribution >= 4 is 0 Å². The van der Waals surface area contributed by atoms with E-state index in [-0.39, 0.29) is 6.61 Å². The molecule has 0 radical (unpaired) electrons. The number of benzene rings is 2. The molecule has 0 amide bonds. The maximum Gasteiger partial charge on any atom is 0.142 e. The van der Waals surface area contributed by atoms with E-state index in [0.29, 0.717) is 19.5 Å². The number of aliphatic hydroxyl groups excluding tert-OH is 1. The standard InChI is InChI=1S/C18H23NO2/c1-2-18(21,15-20)19(13-16-9-5-3-6-10-16)14-17-11-7-4-8-12-17/h3-12,20-21H,2,13-15H2,1H3. The Bertz CT molecular complexity index is 482. The van der Waals surface area contributed by atoms with E-state index < -0.39 is 5.72 Å². The predicted molar refractivity (Wildman–Crippen MR) is 84.5 cm³/mol. The highest BCUT2D eigenvalue weighted by Crippen LogP contribution is 2.22. The van der Waals surface area contributed by atoms with E-state index in [4.69, 9.17) is 0 Å². The molecule has 0 aliphatic rings. The molecule has 0 bridgehead atoms. The summed E-state index contributed by atoms with van der Waals surface area (Å²) < 4.78 is 0. The van der Waals surface area contributed by atoms with E-state index in [0.717, 1.165) is 11.1 Å². The molecule has 1 unspecified atom stereocenters. The van der Waals surface area contributed by atoms with Gasteiger partial charge < -0.3 is 10.2 Å². The molecule has 21 heavy (non-hydrogen) atoms. The normalized spacial score (nSPS) is 14.1. The van der Waals surface area contributed by atoms with Gasteiger partial charge in [0.15, 0.2) is 0 Å². The van der Waals surface area contributed by atoms with Gasteiger partial charge in [-0.1, -0.05) is 67.6 Å².